The zero-order valence-electron chi connectivity index (χ0n) is 15.6. The van der Waals surface area contributed by atoms with Crippen LogP contribution in [0.2, 0.25) is 0 Å². The van der Waals surface area contributed by atoms with Crippen LogP contribution < -0.4 is 11.1 Å². The minimum atomic E-state index is -0.324. The molecule has 0 aliphatic heterocycles. The average Bonchev–Trinajstić information content (AvgIpc) is 2.75. The van der Waals surface area contributed by atoms with Gasteiger partial charge in [0.2, 0.25) is 0 Å². The third-order valence-corrected chi connectivity index (χ3v) is 5.60. The van der Waals surface area contributed by atoms with E-state index in [4.69, 9.17) is 5.73 Å². The van der Waals surface area contributed by atoms with Gasteiger partial charge in [0.05, 0.1) is 5.54 Å². The topological polar surface area (TPSA) is 38.0 Å². The van der Waals surface area contributed by atoms with Gasteiger partial charge in [0, 0.05) is 11.4 Å². The van der Waals surface area contributed by atoms with E-state index < -0.39 is 0 Å². The maximum absolute atomic E-state index is 6.04. The summed E-state index contributed by atoms with van der Waals surface area (Å²) >= 11 is 0. The molecule has 0 bridgehead atoms. The fraction of sp³-hybridized carbons (Fsp3) is 0.0769. The Morgan fingerprint density at radius 2 is 1.36 bits per heavy atom. The van der Waals surface area contributed by atoms with Gasteiger partial charge < -0.3 is 11.1 Å². The number of nitrogens with one attached hydrogen (secondary N) is 1. The summed E-state index contributed by atoms with van der Waals surface area (Å²) in [6.45, 7) is 0. The molecule has 1 aliphatic carbocycles. The molecule has 4 aromatic carbocycles. The van der Waals surface area contributed by atoms with Gasteiger partial charge in [0.25, 0.3) is 0 Å². The van der Waals surface area contributed by atoms with Crippen molar-refractivity contribution in [2.24, 2.45) is 5.73 Å². The van der Waals surface area contributed by atoms with Crippen LogP contribution in [0.5, 0.6) is 0 Å². The van der Waals surface area contributed by atoms with Gasteiger partial charge in [0.1, 0.15) is 0 Å². The van der Waals surface area contributed by atoms with E-state index in [0.29, 0.717) is 0 Å². The first-order valence-electron chi connectivity index (χ1n) is 9.63. The van der Waals surface area contributed by atoms with E-state index in [1.807, 2.05) is 6.08 Å². The van der Waals surface area contributed by atoms with Gasteiger partial charge in [-0.05, 0) is 57.8 Å². The van der Waals surface area contributed by atoms with Crippen LogP contribution in [-0.4, -0.2) is 0 Å². The molecule has 0 heterocycles. The standard InChI is InChI=1S/C26H22N2/c27-24-13-15-26(16-14-24,23-11-9-19-5-1-3-7-21(19)17-23)28-25-12-10-20-6-2-4-8-22(20)18-25/h1-15,17-18,28H,16,27H2. The van der Waals surface area contributed by atoms with Crippen molar-refractivity contribution in [3.63, 3.8) is 0 Å². The number of rotatable bonds is 3. The highest BCUT2D eigenvalue weighted by molar-refractivity contribution is 5.86. The molecule has 0 saturated carbocycles. The second-order valence-electron chi connectivity index (χ2n) is 7.46. The van der Waals surface area contributed by atoms with E-state index in [1.54, 1.807) is 0 Å². The fourth-order valence-electron chi connectivity index (χ4n) is 4.02. The SMILES string of the molecule is NC1=CCC(Nc2ccc3ccccc3c2)(c2ccc3ccccc3c2)C=C1. The predicted molar refractivity (Wildman–Crippen MR) is 119 cm³/mol. The average molecular weight is 362 g/mol. The quantitative estimate of drug-likeness (QED) is 0.462. The molecule has 0 saturated heterocycles. The van der Waals surface area contributed by atoms with Crippen molar-refractivity contribution in [2.75, 3.05) is 5.32 Å². The summed E-state index contributed by atoms with van der Waals surface area (Å²) < 4.78 is 0. The second-order valence-corrected chi connectivity index (χ2v) is 7.46. The van der Waals surface area contributed by atoms with E-state index in [9.17, 15) is 0 Å². The molecule has 2 heteroatoms. The van der Waals surface area contributed by atoms with Crippen molar-refractivity contribution in [2.45, 2.75) is 12.0 Å². The Hall–Kier alpha value is -3.52. The van der Waals surface area contributed by atoms with Gasteiger partial charge in [0.15, 0.2) is 0 Å². The van der Waals surface area contributed by atoms with Crippen LogP contribution in [0.3, 0.4) is 0 Å². The van der Waals surface area contributed by atoms with Crippen LogP contribution in [-0.2, 0) is 5.54 Å². The van der Waals surface area contributed by atoms with E-state index in [0.717, 1.165) is 17.8 Å². The van der Waals surface area contributed by atoms with Gasteiger partial charge in [-0.3, -0.25) is 0 Å². The molecule has 0 amide bonds. The molecule has 4 aromatic rings. The zero-order chi connectivity index (χ0) is 19.0. The third-order valence-electron chi connectivity index (χ3n) is 5.60. The number of allylic oxidation sites excluding steroid dienone is 1. The van der Waals surface area contributed by atoms with Crippen molar-refractivity contribution in [1.29, 1.82) is 0 Å². The number of benzene rings is 4. The molecule has 0 spiro atoms. The lowest BCUT2D eigenvalue weighted by atomic mass is 9.82. The first-order chi connectivity index (χ1) is 13.7. The molecular weight excluding hydrogens is 340 g/mol. The van der Waals surface area contributed by atoms with Crippen molar-refractivity contribution in [1.82, 2.24) is 0 Å². The van der Waals surface area contributed by atoms with Gasteiger partial charge in [-0.1, -0.05) is 78.9 Å². The maximum atomic E-state index is 6.04. The molecule has 1 aliphatic rings. The monoisotopic (exact) mass is 362 g/mol. The lowest BCUT2D eigenvalue weighted by Crippen LogP contribution is -2.34. The highest BCUT2D eigenvalue weighted by Crippen LogP contribution is 2.36. The fourth-order valence-corrected chi connectivity index (χ4v) is 4.02. The molecule has 3 N–H and O–H groups in total. The molecule has 28 heavy (non-hydrogen) atoms. The van der Waals surface area contributed by atoms with E-state index in [-0.39, 0.29) is 5.54 Å². The molecule has 1 atom stereocenters. The van der Waals surface area contributed by atoms with Crippen LogP contribution in [0.25, 0.3) is 21.5 Å². The Kier molecular flexibility index (Phi) is 3.91. The van der Waals surface area contributed by atoms with Gasteiger partial charge >= 0.3 is 0 Å². The molecule has 0 fully saturated rings. The number of hydrogen-bond donors (Lipinski definition) is 2. The van der Waals surface area contributed by atoms with Crippen LogP contribution in [0.4, 0.5) is 5.69 Å². The van der Waals surface area contributed by atoms with Gasteiger partial charge in [-0.15, -0.1) is 0 Å². The largest absolute Gasteiger partial charge is 0.399 e. The number of nitrogens with two attached hydrogens (primary N) is 1. The predicted octanol–water partition coefficient (Wildman–Crippen LogP) is 6.10. The minimum absolute atomic E-state index is 0.324. The van der Waals surface area contributed by atoms with E-state index in [1.165, 1.54) is 27.1 Å². The lowest BCUT2D eigenvalue weighted by Gasteiger charge is -2.35. The second kappa shape index (κ2) is 6.58. The molecule has 0 aromatic heterocycles. The van der Waals surface area contributed by atoms with Crippen LogP contribution >= 0.6 is 0 Å². The maximum Gasteiger partial charge on any atom is 0.0849 e. The van der Waals surface area contributed by atoms with Crippen molar-refractivity contribution in [3.05, 3.63) is 114 Å². The van der Waals surface area contributed by atoms with Gasteiger partial charge in [-0.2, -0.15) is 0 Å². The highest BCUT2D eigenvalue weighted by Gasteiger charge is 2.30. The lowest BCUT2D eigenvalue weighted by molar-refractivity contribution is 0.615. The summed E-state index contributed by atoms with van der Waals surface area (Å²) in [5.74, 6) is 0. The molecule has 5 rings (SSSR count). The van der Waals surface area contributed by atoms with E-state index in [2.05, 4.69) is 102 Å². The Morgan fingerprint density at radius 3 is 2.04 bits per heavy atom. The summed E-state index contributed by atoms with van der Waals surface area (Å²) in [5.41, 5.74) is 8.87. The molecule has 2 nitrogen and oxygen atoms in total. The minimum Gasteiger partial charge on any atom is -0.399 e. The Balaban J connectivity index is 1.61. The van der Waals surface area contributed by atoms with Crippen molar-refractivity contribution in [3.8, 4) is 0 Å². The number of fused-ring (bicyclic) bond motifs is 2. The first-order valence-corrected chi connectivity index (χ1v) is 9.63. The Bertz CT molecular complexity index is 1240. The normalized spacial score (nSPS) is 18.9. The summed E-state index contributed by atoms with van der Waals surface area (Å²) in [5, 5.41) is 8.78. The summed E-state index contributed by atoms with van der Waals surface area (Å²) in [6.07, 6.45) is 7.11. The van der Waals surface area contributed by atoms with Crippen molar-refractivity contribution >= 4 is 27.2 Å². The Morgan fingerprint density at radius 1 is 0.714 bits per heavy atom. The molecule has 136 valence electrons. The summed E-state index contributed by atoms with van der Waals surface area (Å²) in [7, 11) is 0. The molecular formula is C26H22N2. The molecule has 1 unspecified atom stereocenters. The summed E-state index contributed by atoms with van der Waals surface area (Å²) in [4.78, 5) is 0. The van der Waals surface area contributed by atoms with Crippen molar-refractivity contribution < 1.29 is 0 Å². The van der Waals surface area contributed by atoms with E-state index >= 15 is 0 Å². The molecule has 0 radical (unpaired) electrons. The number of anilines is 1. The smallest absolute Gasteiger partial charge is 0.0849 e. The highest BCUT2D eigenvalue weighted by atomic mass is 15.0. The Labute approximate surface area is 165 Å². The van der Waals surface area contributed by atoms with Crippen LogP contribution in [0, 0.1) is 0 Å². The van der Waals surface area contributed by atoms with Crippen LogP contribution in [0.15, 0.2) is 109 Å². The van der Waals surface area contributed by atoms with Crippen LogP contribution in [0.1, 0.15) is 12.0 Å². The zero-order valence-corrected chi connectivity index (χ0v) is 15.6. The first kappa shape index (κ1) is 16.6. The third kappa shape index (κ3) is 2.93. The summed E-state index contributed by atoms with van der Waals surface area (Å²) in [6, 6.07) is 30.2. The number of hydrogen-bond acceptors (Lipinski definition) is 2. The van der Waals surface area contributed by atoms with Gasteiger partial charge in [-0.25, -0.2) is 0 Å².